The molecule has 0 spiro atoms. The topological polar surface area (TPSA) is 0 Å². The molecule has 0 aromatic carbocycles. The molecule has 0 radical (unpaired) electrons. The molecule has 0 nitrogen and oxygen atoms in total. The lowest BCUT2D eigenvalue weighted by atomic mass is 9.81. The number of hydrogen-bond acceptors (Lipinski definition) is 0. The SMILES string of the molecule is CC.CC.CC.CC1CC(F)C(C)C(F)C1.CC1CCC(C)CC1. The van der Waals surface area contributed by atoms with Crippen molar-refractivity contribution in [1.29, 1.82) is 0 Å². The molecule has 2 saturated carbocycles. The molecule has 0 heterocycles. The Kier molecular flexibility index (Phi) is 22.9. The van der Waals surface area contributed by atoms with Gasteiger partial charge in [-0.3, -0.25) is 0 Å². The fourth-order valence-electron chi connectivity index (χ4n) is 2.95. The van der Waals surface area contributed by atoms with Gasteiger partial charge >= 0.3 is 0 Å². The van der Waals surface area contributed by atoms with Gasteiger partial charge in [0.25, 0.3) is 0 Å². The van der Waals surface area contributed by atoms with Gasteiger partial charge in [0.05, 0.1) is 0 Å². The summed E-state index contributed by atoms with van der Waals surface area (Å²) < 4.78 is 25.7. The number of alkyl halides is 2. The molecule has 2 fully saturated rings. The van der Waals surface area contributed by atoms with Crippen LogP contribution < -0.4 is 0 Å². The van der Waals surface area contributed by atoms with Crippen molar-refractivity contribution in [3.63, 3.8) is 0 Å². The van der Waals surface area contributed by atoms with Crippen LogP contribution in [0.3, 0.4) is 0 Å². The summed E-state index contributed by atoms with van der Waals surface area (Å²) in [6, 6.07) is 0. The molecule has 2 rings (SSSR count). The van der Waals surface area contributed by atoms with E-state index in [9.17, 15) is 8.78 Å². The molecule has 2 atom stereocenters. The van der Waals surface area contributed by atoms with E-state index in [4.69, 9.17) is 0 Å². The Bertz CT molecular complexity index is 200. The van der Waals surface area contributed by atoms with Crippen molar-refractivity contribution in [3.05, 3.63) is 0 Å². The van der Waals surface area contributed by atoms with E-state index in [1.54, 1.807) is 6.92 Å². The summed E-state index contributed by atoms with van der Waals surface area (Å²) >= 11 is 0. The van der Waals surface area contributed by atoms with Crippen LogP contribution in [0.25, 0.3) is 0 Å². The van der Waals surface area contributed by atoms with Gasteiger partial charge < -0.3 is 0 Å². The minimum atomic E-state index is -0.918. The molecule has 0 aliphatic heterocycles. The molecule has 2 unspecified atom stereocenters. The van der Waals surface area contributed by atoms with E-state index in [0.717, 1.165) is 11.8 Å². The number of hydrogen-bond donors (Lipinski definition) is 0. The van der Waals surface area contributed by atoms with Crippen molar-refractivity contribution in [2.75, 3.05) is 0 Å². The van der Waals surface area contributed by atoms with Crippen LogP contribution in [0.2, 0.25) is 0 Å². The van der Waals surface area contributed by atoms with E-state index in [1.165, 1.54) is 25.7 Å². The highest BCUT2D eigenvalue weighted by molar-refractivity contribution is 4.82. The zero-order valence-electron chi connectivity index (χ0n) is 18.5. The zero-order valence-corrected chi connectivity index (χ0v) is 18.5. The first-order chi connectivity index (χ1) is 11.4. The lowest BCUT2D eigenvalue weighted by molar-refractivity contribution is 0.0603. The van der Waals surface area contributed by atoms with Crippen molar-refractivity contribution < 1.29 is 8.78 Å². The van der Waals surface area contributed by atoms with Gasteiger partial charge in [0.1, 0.15) is 12.3 Å². The van der Waals surface area contributed by atoms with E-state index in [1.807, 2.05) is 48.5 Å². The Morgan fingerprint density at radius 3 is 1.00 bits per heavy atom. The van der Waals surface area contributed by atoms with Crippen LogP contribution in [-0.4, -0.2) is 12.3 Å². The maximum absolute atomic E-state index is 12.8. The van der Waals surface area contributed by atoms with Crippen molar-refractivity contribution in [1.82, 2.24) is 0 Å². The van der Waals surface area contributed by atoms with Crippen LogP contribution in [-0.2, 0) is 0 Å². The van der Waals surface area contributed by atoms with Crippen LogP contribution in [0.1, 0.15) is 108 Å². The first-order valence-corrected chi connectivity index (χ1v) is 10.7. The molecule has 0 bridgehead atoms. The molecular weight excluding hydrogens is 302 g/mol. The molecule has 0 amide bonds. The second kappa shape index (κ2) is 19.2. The predicted molar refractivity (Wildman–Crippen MR) is 108 cm³/mol. The van der Waals surface area contributed by atoms with Crippen molar-refractivity contribution in [2.24, 2.45) is 23.7 Å². The van der Waals surface area contributed by atoms with Gasteiger partial charge in [0.2, 0.25) is 0 Å². The van der Waals surface area contributed by atoms with Crippen molar-refractivity contribution in [2.45, 2.75) is 120 Å². The van der Waals surface area contributed by atoms with E-state index < -0.39 is 12.3 Å². The van der Waals surface area contributed by atoms with Crippen LogP contribution in [0.15, 0.2) is 0 Å². The van der Waals surface area contributed by atoms with Gasteiger partial charge in [-0.25, -0.2) is 8.78 Å². The quantitative estimate of drug-likeness (QED) is 0.410. The molecule has 0 aromatic heterocycles. The maximum Gasteiger partial charge on any atom is 0.106 e. The lowest BCUT2D eigenvalue weighted by Gasteiger charge is -2.30. The smallest absolute Gasteiger partial charge is 0.106 e. The first kappa shape index (κ1) is 28.7. The molecule has 0 N–H and O–H groups in total. The maximum atomic E-state index is 12.8. The molecule has 2 aliphatic carbocycles. The third kappa shape index (κ3) is 14.2. The summed E-state index contributed by atoms with van der Waals surface area (Å²) in [5, 5.41) is 0. The Labute approximate surface area is 153 Å². The molecule has 0 aromatic rings. The highest BCUT2D eigenvalue weighted by atomic mass is 19.1. The normalized spacial score (nSPS) is 34.5. The summed E-state index contributed by atoms with van der Waals surface area (Å²) in [6.07, 6.45) is 5.14. The molecule has 2 heteroatoms. The molecule has 2 aliphatic rings. The van der Waals surface area contributed by atoms with E-state index in [-0.39, 0.29) is 11.8 Å². The molecular formula is C22H48F2. The largest absolute Gasteiger partial charge is 0.247 e. The van der Waals surface area contributed by atoms with Gasteiger partial charge in [-0.15, -0.1) is 0 Å². The van der Waals surface area contributed by atoms with Gasteiger partial charge in [-0.05, 0) is 30.6 Å². The zero-order chi connectivity index (χ0) is 19.7. The lowest BCUT2D eigenvalue weighted by Crippen LogP contribution is -2.32. The monoisotopic (exact) mass is 350 g/mol. The third-order valence-corrected chi connectivity index (χ3v) is 4.70. The van der Waals surface area contributed by atoms with Crippen molar-refractivity contribution in [3.8, 4) is 0 Å². The predicted octanol–water partition coefficient (Wildman–Crippen LogP) is 8.64. The number of halogens is 2. The molecule has 150 valence electrons. The minimum Gasteiger partial charge on any atom is -0.247 e. The van der Waals surface area contributed by atoms with Gasteiger partial charge in [0, 0.05) is 5.92 Å². The molecule has 0 saturated heterocycles. The Morgan fingerprint density at radius 1 is 0.500 bits per heavy atom. The van der Waals surface area contributed by atoms with Gasteiger partial charge in [-0.1, -0.05) is 94.9 Å². The highest BCUT2D eigenvalue weighted by Gasteiger charge is 2.33. The summed E-state index contributed by atoms with van der Waals surface area (Å²) in [7, 11) is 0. The summed E-state index contributed by atoms with van der Waals surface area (Å²) in [5.41, 5.74) is 0. The van der Waals surface area contributed by atoms with E-state index >= 15 is 0 Å². The van der Waals surface area contributed by atoms with E-state index in [2.05, 4.69) is 13.8 Å². The first-order valence-electron chi connectivity index (χ1n) is 10.7. The Morgan fingerprint density at radius 2 is 0.750 bits per heavy atom. The summed E-state index contributed by atoms with van der Waals surface area (Å²) in [6.45, 7) is 20.3. The van der Waals surface area contributed by atoms with Crippen LogP contribution >= 0.6 is 0 Å². The second-order valence-electron chi connectivity index (χ2n) is 6.83. The second-order valence-corrected chi connectivity index (χ2v) is 6.83. The van der Waals surface area contributed by atoms with Gasteiger partial charge in [0.15, 0.2) is 0 Å². The Hall–Kier alpha value is -0.140. The minimum absolute atomic E-state index is 0.223. The van der Waals surface area contributed by atoms with Crippen LogP contribution in [0.5, 0.6) is 0 Å². The average Bonchev–Trinajstić information content (AvgIpc) is 2.61. The van der Waals surface area contributed by atoms with Gasteiger partial charge in [-0.2, -0.15) is 0 Å². The van der Waals surface area contributed by atoms with Crippen molar-refractivity contribution >= 4 is 0 Å². The fraction of sp³-hybridized carbons (Fsp3) is 1.00. The third-order valence-electron chi connectivity index (χ3n) is 4.70. The van der Waals surface area contributed by atoms with Crippen LogP contribution in [0, 0.1) is 23.7 Å². The van der Waals surface area contributed by atoms with Crippen LogP contribution in [0.4, 0.5) is 8.78 Å². The Balaban J connectivity index is -0.000000284. The standard InChI is InChI=1S/C8H14F2.C8H16.3C2H6/c1-5-3-7(9)6(2)8(10)4-5;1-7-3-5-8(2)6-4-7;3*1-2/h5-8H,3-4H2,1-2H3;7-8H,3-6H2,1-2H3;3*1-2H3. The summed E-state index contributed by atoms with van der Waals surface area (Å²) in [4.78, 5) is 0. The highest BCUT2D eigenvalue weighted by Crippen LogP contribution is 2.32. The average molecular weight is 351 g/mol. The fourth-order valence-corrected chi connectivity index (χ4v) is 2.95. The molecule has 24 heavy (non-hydrogen) atoms. The summed E-state index contributed by atoms with van der Waals surface area (Å²) in [5.74, 6) is 1.88. The van der Waals surface area contributed by atoms with E-state index in [0.29, 0.717) is 12.8 Å². The number of rotatable bonds is 0.